The van der Waals surface area contributed by atoms with Crippen LogP contribution in [0.3, 0.4) is 0 Å². The van der Waals surface area contributed by atoms with Crippen molar-refractivity contribution in [2.75, 3.05) is 6.61 Å². The first kappa shape index (κ1) is 13.0. The Bertz CT molecular complexity index is 263. The maximum Gasteiger partial charge on any atom is 0.164 e. The van der Waals surface area contributed by atoms with Crippen LogP contribution in [0.5, 0.6) is 0 Å². The van der Waals surface area contributed by atoms with Crippen LogP contribution in [-0.2, 0) is 9.53 Å². The lowest BCUT2D eigenvalue weighted by molar-refractivity contribution is -0.149. The van der Waals surface area contributed by atoms with E-state index in [1.165, 1.54) is 19.3 Å². The van der Waals surface area contributed by atoms with Gasteiger partial charge in [0, 0.05) is 12.5 Å². The van der Waals surface area contributed by atoms with Crippen LogP contribution in [0.4, 0.5) is 0 Å². The van der Waals surface area contributed by atoms with E-state index < -0.39 is 6.10 Å². The predicted octanol–water partition coefficient (Wildman–Crippen LogP) is 2.46. The predicted molar refractivity (Wildman–Crippen MR) is 65.8 cm³/mol. The molecule has 2 aliphatic rings. The van der Waals surface area contributed by atoms with Crippen LogP contribution in [0.25, 0.3) is 0 Å². The van der Waals surface area contributed by atoms with E-state index in [0.717, 1.165) is 25.7 Å². The van der Waals surface area contributed by atoms with Crippen molar-refractivity contribution < 1.29 is 14.6 Å². The fraction of sp³-hybridized carbons (Fsp3) is 0.929. The molecule has 1 saturated heterocycles. The Labute approximate surface area is 104 Å². The minimum absolute atomic E-state index is 0.0248. The number of ether oxygens (including phenoxy) is 1. The van der Waals surface area contributed by atoms with Crippen LogP contribution in [0, 0.1) is 5.92 Å². The molecule has 17 heavy (non-hydrogen) atoms. The van der Waals surface area contributed by atoms with E-state index in [4.69, 9.17) is 4.74 Å². The van der Waals surface area contributed by atoms with Crippen LogP contribution < -0.4 is 0 Å². The molecule has 0 aromatic carbocycles. The van der Waals surface area contributed by atoms with Crippen LogP contribution in [0.15, 0.2) is 0 Å². The molecule has 2 rings (SSSR count). The van der Waals surface area contributed by atoms with E-state index in [0.29, 0.717) is 13.0 Å². The number of carbonyl (C=O) groups excluding carboxylic acids is 1. The number of ketones is 1. The number of rotatable bonds is 3. The normalized spacial score (nSPS) is 30.1. The van der Waals surface area contributed by atoms with Crippen LogP contribution >= 0.6 is 0 Å². The second kappa shape index (κ2) is 5.49. The Morgan fingerprint density at radius 2 is 2.12 bits per heavy atom. The number of hydrogen-bond acceptors (Lipinski definition) is 3. The van der Waals surface area contributed by atoms with E-state index in [9.17, 15) is 9.90 Å². The van der Waals surface area contributed by atoms with Gasteiger partial charge in [0.05, 0.1) is 5.60 Å². The second-order valence-corrected chi connectivity index (χ2v) is 5.61. The van der Waals surface area contributed by atoms with Gasteiger partial charge in [0.25, 0.3) is 0 Å². The Morgan fingerprint density at radius 1 is 1.41 bits per heavy atom. The summed E-state index contributed by atoms with van der Waals surface area (Å²) in [6.07, 6.45) is 7.32. The van der Waals surface area contributed by atoms with Crippen molar-refractivity contribution in [1.29, 1.82) is 0 Å². The quantitative estimate of drug-likeness (QED) is 0.824. The summed E-state index contributed by atoms with van der Waals surface area (Å²) in [6.45, 7) is 2.55. The Hall–Kier alpha value is -0.410. The minimum atomic E-state index is -0.765. The molecule has 2 atom stereocenters. The van der Waals surface area contributed by atoms with Gasteiger partial charge in [-0.15, -0.1) is 0 Å². The Morgan fingerprint density at radius 3 is 2.76 bits per heavy atom. The zero-order chi connectivity index (χ0) is 12.3. The van der Waals surface area contributed by atoms with Crippen LogP contribution in [-0.4, -0.2) is 29.2 Å². The summed E-state index contributed by atoms with van der Waals surface area (Å²) < 4.78 is 5.97. The summed E-state index contributed by atoms with van der Waals surface area (Å²) >= 11 is 0. The van der Waals surface area contributed by atoms with Gasteiger partial charge in [-0.2, -0.15) is 0 Å². The monoisotopic (exact) mass is 240 g/mol. The van der Waals surface area contributed by atoms with Gasteiger partial charge in [-0.25, -0.2) is 0 Å². The zero-order valence-corrected chi connectivity index (χ0v) is 10.8. The summed E-state index contributed by atoms with van der Waals surface area (Å²) in [4.78, 5) is 12.0. The third-order valence-corrected chi connectivity index (χ3v) is 4.38. The van der Waals surface area contributed by atoms with Gasteiger partial charge in [0.1, 0.15) is 6.10 Å². The van der Waals surface area contributed by atoms with Gasteiger partial charge in [-0.1, -0.05) is 26.2 Å². The van der Waals surface area contributed by atoms with Crippen molar-refractivity contribution in [1.82, 2.24) is 0 Å². The number of hydrogen-bond donors (Lipinski definition) is 1. The maximum absolute atomic E-state index is 12.0. The Kier molecular flexibility index (Phi) is 4.21. The standard InChI is InChI=1S/C14H24O3/c1-2-12(15)13(16)11-6-9-17-14(10-11)7-4-3-5-8-14/h11-12,15H,2-10H2,1H3. The van der Waals surface area contributed by atoms with E-state index in [1.807, 2.05) is 6.92 Å². The molecule has 1 saturated carbocycles. The third-order valence-electron chi connectivity index (χ3n) is 4.38. The molecule has 0 aromatic rings. The lowest BCUT2D eigenvalue weighted by Gasteiger charge is -2.43. The molecule has 2 fully saturated rings. The smallest absolute Gasteiger partial charge is 0.164 e. The first-order valence-electron chi connectivity index (χ1n) is 7.02. The van der Waals surface area contributed by atoms with Crippen molar-refractivity contribution in [3.05, 3.63) is 0 Å². The highest BCUT2D eigenvalue weighted by Gasteiger charge is 2.41. The summed E-state index contributed by atoms with van der Waals surface area (Å²) in [5.74, 6) is 0.0672. The number of aliphatic hydroxyl groups excluding tert-OH is 1. The van der Waals surface area contributed by atoms with E-state index in [1.54, 1.807) is 0 Å². The summed E-state index contributed by atoms with van der Waals surface area (Å²) in [5, 5.41) is 9.68. The Balaban J connectivity index is 1.98. The zero-order valence-electron chi connectivity index (χ0n) is 10.8. The van der Waals surface area contributed by atoms with Crippen LogP contribution in [0.1, 0.15) is 58.3 Å². The third kappa shape index (κ3) is 2.89. The second-order valence-electron chi connectivity index (χ2n) is 5.61. The largest absolute Gasteiger partial charge is 0.385 e. The molecule has 2 unspecified atom stereocenters. The van der Waals surface area contributed by atoms with E-state index >= 15 is 0 Å². The van der Waals surface area contributed by atoms with Crippen molar-refractivity contribution in [2.45, 2.75) is 70.0 Å². The van der Waals surface area contributed by atoms with Gasteiger partial charge in [-0.3, -0.25) is 4.79 Å². The molecule has 1 heterocycles. The molecular weight excluding hydrogens is 216 g/mol. The fourth-order valence-corrected chi connectivity index (χ4v) is 3.29. The molecule has 0 amide bonds. The number of Topliss-reactive ketones (excluding diaryl/α,β-unsaturated/α-hetero) is 1. The van der Waals surface area contributed by atoms with Gasteiger partial charge < -0.3 is 9.84 Å². The summed E-state index contributed by atoms with van der Waals surface area (Å²) in [5.41, 5.74) is -0.0374. The molecule has 1 N–H and O–H groups in total. The molecule has 0 aromatic heterocycles. The highest BCUT2D eigenvalue weighted by atomic mass is 16.5. The van der Waals surface area contributed by atoms with E-state index in [-0.39, 0.29) is 17.3 Å². The summed E-state index contributed by atoms with van der Waals surface area (Å²) in [7, 11) is 0. The molecule has 3 nitrogen and oxygen atoms in total. The molecule has 1 aliphatic heterocycles. The molecule has 1 aliphatic carbocycles. The average Bonchev–Trinajstić information content (AvgIpc) is 2.38. The average molecular weight is 240 g/mol. The minimum Gasteiger partial charge on any atom is -0.385 e. The lowest BCUT2D eigenvalue weighted by Crippen LogP contribution is -2.45. The van der Waals surface area contributed by atoms with Crippen molar-refractivity contribution >= 4 is 5.78 Å². The molecule has 0 radical (unpaired) electrons. The van der Waals surface area contributed by atoms with Gasteiger partial charge in [0.15, 0.2) is 5.78 Å². The van der Waals surface area contributed by atoms with Crippen molar-refractivity contribution in [3.8, 4) is 0 Å². The van der Waals surface area contributed by atoms with Crippen molar-refractivity contribution in [2.24, 2.45) is 5.92 Å². The van der Waals surface area contributed by atoms with Gasteiger partial charge in [0.2, 0.25) is 0 Å². The van der Waals surface area contributed by atoms with Crippen LogP contribution in [0.2, 0.25) is 0 Å². The first-order valence-corrected chi connectivity index (χ1v) is 7.02. The first-order chi connectivity index (χ1) is 8.17. The molecule has 1 spiro atoms. The maximum atomic E-state index is 12.0. The van der Waals surface area contributed by atoms with Gasteiger partial charge >= 0.3 is 0 Å². The van der Waals surface area contributed by atoms with E-state index in [2.05, 4.69) is 0 Å². The SMILES string of the molecule is CCC(O)C(=O)C1CCOC2(CCCCC2)C1. The lowest BCUT2D eigenvalue weighted by atomic mass is 9.74. The number of carbonyl (C=O) groups is 1. The molecule has 98 valence electrons. The topological polar surface area (TPSA) is 46.5 Å². The van der Waals surface area contributed by atoms with Gasteiger partial charge in [-0.05, 0) is 32.1 Å². The highest BCUT2D eigenvalue weighted by Crippen LogP contribution is 2.41. The summed E-state index contributed by atoms with van der Waals surface area (Å²) in [6, 6.07) is 0. The molecular formula is C14H24O3. The fourth-order valence-electron chi connectivity index (χ4n) is 3.29. The molecule has 0 bridgehead atoms. The highest BCUT2D eigenvalue weighted by molar-refractivity contribution is 5.85. The van der Waals surface area contributed by atoms with Crippen molar-refractivity contribution in [3.63, 3.8) is 0 Å². The molecule has 3 heteroatoms. The number of aliphatic hydroxyl groups is 1.